The fourth-order valence-electron chi connectivity index (χ4n) is 1.73. The zero-order chi connectivity index (χ0) is 14.3. The lowest BCUT2D eigenvalue weighted by Gasteiger charge is -2.08. The van der Waals surface area contributed by atoms with Gasteiger partial charge < -0.3 is 4.74 Å². The van der Waals surface area contributed by atoms with E-state index in [9.17, 15) is 18.0 Å². The van der Waals surface area contributed by atoms with E-state index in [1.165, 1.54) is 6.07 Å². The van der Waals surface area contributed by atoms with E-state index in [-0.39, 0.29) is 5.97 Å². The molecule has 1 aromatic rings. The van der Waals surface area contributed by atoms with Gasteiger partial charge in [0.1, 0.15) is 0 Å². The average Bonchev–Trinajstić information content (AvgIpc) is 2.34. The molecule has 0 N–H and O–H groups in total. The molecule has 0 aliphatic carbocycles. The highest BCUT2D eigenvalue weighted by Gasteiger charge is 2.30. The standard InChI is InChI=1S/C14H17F3O2/c1-2-19-13(18)9-4-3-6-11-7-5-8-12(10-11)14(15,16)17/h5,7-8,10H,2-4,6,9H2,1H3. The maximum atomic E-state index is 12.5. The van der Waals surface area contributed by atoms with Crippen LogP contribution in [0.25, 0.3) is 0 Å². The first-order valence-corrected chi connectivity index (χ1v) is 6.25. The number of rotatable bonds is 6. The molecule has 0 aliphatic rings. The highest BCUT2D eigenvalue weighted by atomic mass is 19.4. The van der Waals surface area contributed by atoms with Crippen molar-refractivity contribution in [1.29, 1.82) is 0 Å². The van der Waals surface area contributed by atoms with E-state index in [0.717, 1.165) is 12.1 Å². The summed E-state index contributed by atoms with van der Waals surface area (Å²) >= 11 is 0. The molecule has 1 rings (SSSR count). The molecule has 0 unspecified atom stereocenters. The summed E-state index contributed by atoms with van der Waals surface area (Å²) in [6.07, 6.45) is -2.17. The number of hydrogen-bond donors (Lipinski definition) is 0. The number of benzene rings is 1. The molecule has 5 heteroatoms. The Morgan fingerprint density at radius 1 is 1.26 bits per heavy atom. The number of carbonyl (C=O) groups excluding carboxylic acids is 1. The van der Waals surface area contributed by atoms with Gasteiger partial charge in [0, 0.05) is 6.42 Å². The summed E-state index contributed by atoms with van der Waals surface area (Å²) in [5, 5.41) is 0. The second-order valence-electron chi connectivity index (χ2n) is 4.21. The predicted octanol–water partition coefficient (Wildman–Crippen LogP) is 3.98. The van der Waals surface area contributed by atoms with Gasteiger partial charge in [-0.25, -0.2) is 0 Å². The Balaban J connectivity index is 2.40. The SMILES string of the molecule is CCOC(=O)CCCCc1cccc(C(F)(F)F)c1. The number of unbranched alkanes of at least 4 members (excludes halogenated alkanes) is 1. The lowest BCUT2D eigenvalue weighted by Crippen LogP contribution is -2.05. The van der Waals surface area contributed by atoms with Gasteiger partial charge in [-0.1, -0.05) is 18.2 Å². The van der Waals surface area contributed by atoms with Crippen LogP contribution in [0.4, 0.5) is 13.2 Å². The van der Waals surface area contributed by atoms with E-state index in [1.807, 2.05) is 0 Å². The van der Waals surface area contributed by atoms with Crippen molar-refractivity contribution in [3.8, 4) is 0 Å². The second-order valence-corrected chi connectivity index (χ2v) is 4.21. The van der Waals surface area contributed by atoms with E-state index >= 15 is 0 Å². The molecular weight excluding hydrogens is 257 g/mol. The zero-order valence-corrected chi connectivity index (χ0v) is 10.8. The van der Waals surface area contributed by atoms with E-state index in [1.54, 1.807) is 13.0 Å². The van der Waals surface area contributed by atoms with Crippen LogP contribution in [0.1, 0.15) is 37.3 Å². The minimum atomic E-state index is -4.30. The molecule has 0 bridgehead atoms. The summed E-state index contributed by atoms with van der Waals surface area (Å²) < 4.78 is 42.2. The fourth-order valence-corrected chi connectivity index (χ4v) is 1.73. The maximum Gasteiger partial charge on any atom is 0.416 e. The third kappa shape index (κ3) is 5.77. The molecule has 106 valence electrons. The molecule has 0 saturated carbocycles. The number of halogens is 3. The summed E-state index contributed by atoms with van der Waals surface area (Å²) in [4.78, 5) is 11.1. The van der Waals surface area contributed by atoms with Crippen molar-refractivity contribution in [2.24, 2.45) is 0 Å². The van der Waals surface area contributed by atoms with Gasteiger partial charge in [0.05, 0.1) is 12.2 Å². The van der Waals surface area contributed by atoms with Gasteiger partial charge in [0.2, 0.25) is 0 Å². The monoisotopic (exact) mass is 274 g/mol. The van der Waals surface area contributed by atoms with Crippen molar-refractivity contribution >= 4 is 5.97 Å². The van der Waals surface area contributed by atoms with Crippen LogP contribution >= 0.6 is 0 Å². The summed E-state index contributed by atoms with van der Waals surface area (Å²) in [5.41, 5.74) is 0.00840. The fraction of sp³-hybridized carbons (Fsp3) is 0.500. The van der Waals surface area contributed by atoms with Crippen LogP contribution in [0.3, 0.4) is 0 Å². The molecule has 19 heavy (non-hydrogen) atoms. The molecule has 1 aromatic carbocycles. The molecular formula is C14H17F3O2. The molecule has 0 spiro atoms. The smallest absolute Gasteiger partial charge is 0.416 e. The Morgan fingerprint density at radius 3 is 2.63 bits per heavy atom. The lowest BCUT2D eigenvalue weighted by atomic mass is 10.0. The van der Waals surface area contributed by atoms with Crippen LogP contribution in [0, 0.1) is 0 Å². The number of hydrogen-bond acceptors (Lipinski definition) is 2. The number of alkyl halides is 3. The van der Waals surface area contributed by atoms with Gasteiger partial charge in [0.15, 0.2) is 0 Å². The Labute approximate surface area is 110 Å². The quantitative estimate of drug-likeness (QED) is 0.579. The second kappa shape index (κ2) is 7.16. The Bertz CT molecular complexity index is 413. The molecule has 0 saturated heterocycles. The minimum absolute atomic E-state index is 0.258. The Kier molecular flexibility index (Phi) is 5.86. The molecule has 2 nitrogen and oxygen atoms in total. The van der Waals surface area contributed by atoms with Gasteiger partial charge in [0.25, 0.3) is 0 Å². The lowest BCUT2D eigenvalue weighted by molar-refractivity contribution is -0.143. The zero-order valence-electron chi connectivity index (χ0n) is 10.8. The number of ether oxygens (including phenoxy) is 1. The van der Waals surface area contributed by atoms with Crippen molar-refractivity contribution in [3.05, 3.63) is 35.4 Å². The molecule has 0 aliphatic heterocycles. The largest absolute Gasteiger partial charge is 0.466 e. The van der Waals surface area contributed by atoms with E-state index < -0.39 is 11.7 Å². The summed E-state index contributed by atoms with van der Waals surface area (Å²) in [6, 6.07) is 5.29. The van der Waals surface area contributed by atoms with Gasteiger partial charge in [-0.15, -0.1) is 0 Å². The number of aryl methyl sites for hydroxylation is 1. The Hall–Kier alpha value is -1.52. The highest BCUT2D eigenvalue weighted by Crippen LogP contribution is 2.29. The van der Waals surface area contributed by atoms with Crippen molar-refractivity contribution in [2.45, 2.75) is 38.8 Å². The van der Waals surface area contributed by atoms with Crippen LogP contribution in [-0.2, 0) is 22.1 Å². The van der Waals surface area contributed by atoms with Gasteiger partial charge in [-0.05, 0) is 37.8 Å². The summed E-state index contributed by atoms with van der Waals surface area (Å²) in [7, 11) is 0. The molecule has 0 aromatic heterocycles. The first-order valence-electron chi connectivity index (χ1n) is 6.25. The molecule has 0 radical (unpaired) electrons. The van der Waals surface area contributed by atoms with Gasteiger partial charge in [-0.2, -0.15) is 13.2 Å². The average molecular weight is 274 g/mol. The normalized spacial score (nSPS) is 11.4. The number of esters is 1. The third-order valence-electron chi connectivity index (χ3n) is 2.66. The number of carbonyl (C=O) groups is 1. The van der Waals surface area contributed by atoms with Gasteiger partial charge >= 0.3 is 12.1 Å². The van der Waals surface area contributed by atoms with Crippen molar-refractivity contribution < 1.29 is 22.7 Å². The highest BCUT2D eigenvalue weighted by molar-refractivity contribution is 5.69. The summed E-state index contributed by atoms with van der Waals surface area (Å²) in [6.45, 7) is 2.09. The van der Waals surface area contributed by atoms with Crippen molar-refractivity contribution in [1.82, 2.24) is 0 Å². The third-order valence-corrected chi connectivity index (χ3v) is 2.66. The molecule has 0 fully saturated rings. The topological polar surface area (TPSA) is 26.3 Å². The van der Waals surface area contributed by atoms with E-state index in [0.29, 0.717) is 37.9 Å². The molecule has 0 atom stereocenters. The van der Waals surface area contributed by atoms with Crippen molar-refractivity contribution in [3.63, 3.8) is 0 Å². The predicted molar refractivity (Wildman–Crippen MR) is 65.6 cm³/mol. The molecule has 0 amide bonds. The van der Waals surface area contributed by atoms with Crippen LogP contribution in [0.5, 0.6) is 0 Å². The van der Waals surface area contributed by atoms with Crippen LogP contribution in [0.2, 0.25) is 0 Å². The van der Waals surface area contributed by atoms with E-state index in [4.69, 9.17) is 4.74 Å². The minimum Gasteiger partial charge on any atom is -0.466 e. The van der Waals surface area contributed by atoms with Crippen LogP contribution < -0.4 is 0 Å². The van der Waals surface area contributed by atoms with Crippen LogP contribution in [-0.4, -0.2) is 12.6 Å². The molecule has 0 heterocycles. The van der Waals surface area contributed by atoms with E-state index in [2.05, 4.69) is 0 Å². The summed E-state index contributed by atoms with van der Waals surface area (Å²) in [5.74, 6) is -0.258. The van der Waals surface area contributed by atoms with Crippen molar-refractivity contribution in [2.75, 3.05) is 6.61 Å². The van der Waals surface area contributed by atoms with Crippen LogP contribution in [0.15, 0.2) is 24.3 Å². The van der Waals surface area contributed by atoms with Gasteiger partial charge in [-0.3, -0.25) is 4.79 Å². The first-order chi connectivity index (χ1) is 8.93. The Morgan fingerprint density at radius 2 is 2.00 bits per heavy atom. The maximum absolute atomic E-state index is 12.5. The first kappa shape index (κ1) is 15.5.